The molecular formula is C18H14ClF2N7S. The average Bonchev–Trinajstić information content (AvgIpc) is 3.32. The Kier molecular flexibility index (Phi) is 4.04. The van der Waals surface area contributed by atoms with Crippen molar-refractivity contribution in [2.45, 2.75) is 33.7 Å². The van der Waals surface area contributed by atoms with Gasteiger partial charge in [0.2, 0.25) is 0 Å². The number of fused-ring (bicyclic) bond motifs is 5. The normalized spacial score (nSPS) is 12.2. The lowest BCUT2D eigenvalue weighted by molar-refractivity contribution is 0.146. The third kappa shape index (κ3) is 2.77. The van der Waals surface area contributed by atoms with Crippen molar-refractivity contribution in [3.05, 3.63) is 45.9 Å². The van der Waals surface area contributed by atoms with E-state index in [2.05, 4.69) is 25.1 Å². The van der Waals surface area contributed by atoms with E-state index in [1.807, 2.05) is 13.8 Å². The molecule has 0 bridgehead atoms. The molecule has 0 fully saturated rings. The van der Waals surface area contributed by atoms with Gasteiger partial charge in [0, 0.05) is 5.39 Å². The summed E-state index contributed by atoms with van der Waals surface area (Å²) in [7, 11) is 0. The fourth-order valence-electron chi connectivity index (χ4n) is 3.42. The number of nitrogens with zero attached hydrogens (tertiary/aromatic N) is 7. The maximum atomic E-state index is 13.1. The summed E-state index contributed by atoms with van der Waals surface area (Å²) in [5.41, 5.74) is 3.37. The van der Waals surface area contributed by atoms with Crippen molar-refractivity contribution < 1.29 is 8.78 Å². The zero-order chi connectivity index (χ0) is 20.4. The van der Waals surface area contributed by atoms with Gasteiger partial charge in [0.15, 0.2) is 11.5 Å². The first kappa shape index (κ1) is 18.3. The van der Waals surface area contributed by atoms with Gasteiger partial charge < -0.3 is 0 Å². The van der Waals surface area contributed by atoms with Crippen LogP contribution < -0.4 is 0 Å². The molecule has 5 aromatic heterocycles. The molecule has 0 saturated carbocycles. The number of aromatic nitrogens is 7. The Morgan fingerprint density at radius 3 is 2.66 bits per heavy atom. The molecule has 0 atom stereocenters. The molecule has 0 unspecified atom stereocenters. The predicted octanol–water partition coefficient (Wildman–Crippen LogP) is 4.65. The van der Waals surface area contributed by atoms with E-state index in [4.69, 9.17) is 11.6 Å². The molecule has 29 heavy (non-hydrogen) atoms. The van der Waals surface area contributed by atoms with Gasteiger partial charge in [-0.2, -0.15) is 5.10 Å². The zero-order valence-electron chi connectivity index (χ0n) is 15.6. The van der Waals surface area contributed by atoms with Crippen LogP contribution in [0, 0.1) is 20.8 Å². The number of hydrogen-bond acceptors (Lipinski definition) is 6. The Bertz CT molecular complexity index is 1420. The smallest absolute Gasteiger partial charge is 0.260 e. The molecule has 5 heterocycles. The second kappa shape index (κ2) is 6.39. The van der Waals surface area contributed by atoms with Gasteiger partial charge in [-0.25, -0.2) is 28.2 Å². The van der Waals surface area contributed by atoms with E-state index in [1.165, 1.54) is 17.4 Å². The highest BCUT2D eigenvalue weighted by atomic mass is 35.5. The number of alkyl halides is 2. The fraction of sp³-hybridized carbons (Fsp3) is 0.278. The zero-order valence-corrected chi connectivity index (χ0v) is 17.2. The maximum absolute atomic E-state index is 13.1. The number of thiophene rings is 1. The van der Waals surface area contributed by atoms with E-state index in [9.17, 15) is 8.78 Å². The number of pyridine rings is 1. The summed E-state index contributed by atoms with van der Waals surface area (Å²) in [6, 6.07) is 1.41. The predicted molar refractivity (Wildman–Crippen MR) is 107 cm³/mol. The van der Waals surface area contributed by atoms with Crippen molar-refractivity contribution in [2.24, 2.45) is 0 Å². The number of halogens is 3. The molecule has 0 aliphatic carbocycles. The van der Waals surface area contributed by atoms with Crippen molar-refractivity contribution in [3.8, 4) is 0 Å². The highest BCUT2D eigenvalue weighted by Crippen LogP contribution is 2.36. The largest absolute Gasteiger partial charge is 0.280 e. The van der Waals surface area contributed by atoms with Gasteiger partial charge in [-0.15, -0.1) is 16.4 Å². The molecule has 5 rings (SSSR count). The second-order valence-electron chi connectivity index (χ2n) is 6.81. The minimum Gasteiger partial charge on any atom is -0.260 e. The average molecular weight is 434 g/mol. The van der Waals surface area contributed by atoms with E-state index in [-0.39, 0.29) is 5.69 Å². The van der Waals surface area contributed by atoms with Gasteiger partial charge in [0.25, 0.3) is 6.43 Å². The summed E-state index contributed by atoms with van der Waals surface area (Å²) in [6.45, 7) is 5.88. The minimum atomic E-state index is -2.62. The molecule has 11 heteroatoms. The van der Waals surface area contributed by atoms with Crippen LogP contribution in [-0.4, -0.2) is 34.3 Å². The highest BCUT2D eigenvalue weighted by molar-refractivity contribution is 7.26. The number of aryl methyl sites for hydroxylation is 2. The van der Waals surface area contributed by atoms with E-state index < -0.39 is 6.43 Å². The monoisotopic (exact) mass is 433 g/mol. The van der Waals surface area contributed by atoms with Gasteiger partial charge >= 0.3 is 0 Å². The molecule has 0 spiro atoms. The molecule has 0 aliphatic heterocycles. The molecule has 148 valence electrons. The van der Waals surface area contributed by atoms with Crippen LogP contribution in [0.5, 0.6) is 0 Å². The molecule has 7 nitrogen and oxygen atoms in total. The lowest BCUT2D eigenvalue weighted by Gasteiger charge is -2.01. The molecule has 0 aliphatic rings. The topological polar surface area (TPSA) is 73.8 Å². The molecule has 0 saturated heterocycles. The molecule has 5 aromatic rings. The summed E-state index contributed by atoms with van der Waals surface area (Å²) >= 11 is 7.51. The minimum absolute atomic E-state index is 0.235. The SMILES string of the molecule is Cc1nn(Cc2nc3c4sc5nc(C(F)F)cc(C)c5c4ncn3n2)c(C)c1Cl. The van der Waals surface area contributed by atoms with E-state index in [1.54, 1.807) is 22.4 Å². The van der Waals surface area contributed by atoms with Crippen LogP contribution in [-0.2, 0) is 6.54 Å². The van der Waals surface area contributed by atoms with Crippen LogP contribution in [0.1, 0.15) is 34.9 Å². The van der Waals surface area contributed by atoms with Crippen LogP contribution in [0.25, 0.3) is 26.1 Å². The Morgan fingerprint density at radius 1 is 1.17 bits per heavy atom. The van der Waals surface area contributed by atoms with Crippen LogP contribution >= 0.6 is 22.9 Å². The summed E-state index contributed by atoms with van der Waals surface area (Å²) in [4.78, 5) is 13.8. The first-order valence-electron chi connectivity index (χ1n) is 8.75. The second-order valence-corrected chi connectivity index (χ2v) is 8.18. The van der Waals surface area contributed by atoms with Gasteiger partial charge in [-0.05, 0) is 32.4 Å². The third-order valence-electron chi connectivity index (χ3n) is 4.84. The van der Waals surface area contributed by atoms with Crippen LogP contribution in [0.3, 0.4) is 0 Å². The highest BCUT2D eigenvalue weighted by Gasteiger charge is 2.19. The van der Waals surface area contributed by atoms with Gasteiger partial charge in [-0.1, -0.05) is 11.6 Å². The van der Waals surface area contributed by atoms with Crippen molar-refractivity contribution in [3.63, 3.8) is 0 Å². The summed E-state index contributed by atoms with van der Waals surface area (Å²) < 4.78 is 30.4. The molecule has 0 amide bonds. The lowest BCUT2D eigenvalue weighted by atomic mass is 10.1. The molecule has 0 N–H and O–H groups in total. The van der Waals surface area contributed by atoms with Crippen LogP contribution in [0.4, 0.5) is 8.78 Å². The quantitative estimate of drug-likeness (QED) is 0.414. The van der Waals surface area contributed by atoms with Gasteiger partial charge in [0.1, 0.15) is 28.1 Å². The van der Waals surface area contributed by atoms with Gasteiger partial charge in [0.05, 0.1) is 21.9 Å². The van der Waals surface area contributed by atoms with Gasteiger partial charge in [-0.3, -0.25) is 4.68 Å². The maximum Gasteiger partial charge on any atom is 0.280 e. The Labute approximate surface area is 172 Å². The first-order valence-corrected chi connectivity index (χ1v) is 9.94. The van der Waals surface area contributed by atoms with E-state index in [0.717, 1.165) is 21.5 Å². The van der Waals surface area contributed by atoms with Crippen molar-refractivity contribution in [2.75, 3.05) is 0 Å². The number of hydrogen-bond donors (Lipinski definition) is 0. The summed E-state index contributed by atoms with van der Waals surface area (Å²) in [5.74, 6) is 0.553. The van der Waals surface area contributed by atoms with E-state index >= 15 is 0 Å². The van der Waals surface area contributed by atoms with Crippen LogP contribution in [0.2, 0.25) is 5.02 Å². The third-order valence-corrected chi connectivity index (χ3v) is 6.45. The Hall–Kier alpha value is -2.72. The van der Waals surface area contributed by atoms with Crippen molar-refractivity contribution in [1.29, 1.82) is 0 Å². The van der Waals surface area contributed by atoms with Crippen molar-refractivity contribution >= 4 is 49.0 Å². The first-order chi connectivity index (χ1) is 13.8. The number of rotatable bonds is 3. The van der Waals surface area contributed by atoms with Crippen molar-refractivity contribution in [1.82, 2.24) is 34.3 Å². The Balaban J connectivity index is 1.68. The lowest BCUT2D eigenvalue weighted by Crippen LogP contribution is -2.05. The van der Waals surface area contributed by atoms with Crippen LogP contribution in [0.15, 0.2) is 12.4 Å². The molecule has 0 radical (unpaired) electrons. The van der Waals surface area contributed by atoms with E-state index in [0.29, 0.717) is 38.9 Å². The Morgan fingerprint density at radius 2 is 1.97 bits per heavy atom. The molecular weight excluding hydrogens is 420 g/mol. The molecule has 0 aromatic carbocycles. The fourth-order valence-corrected chi connectivity index (χ4v) is 4.74. The summed E-state index contributed by atoms with van der Waals surface area (Å²) in [6.07, 6.45) is -1.04. The summed E-state index contributed by atoms with van der Waals surface area (Å²) in [5, 5.41) is 10.3. The standard InChI is InChI=1S/C18H14ClF2N7S/c1-7-4-10(16(20)21)23-18-12(7)14-15(29-18)17-24-11(26-28(17)6-22-14)5-27-9(3)13(19)8(2)25-27/h4,6,16H,5H2,1-3H3.